The minimum absolute atomic E-state index is 0. The zero-order valence-corrected chi connectivity index (χ0v) is 73.5. The molecule has 20 rings (SSSR count). The fourth-order valence-corrected chi connectivity index (χ4v) is 18.3. The number of benzene rings is 12. The maximum atomic E-state index is 9.02. The maximum Gasteiger partial charge on any atom is 0.235 e. The van der Waals surface area contributed by atoms with Crippen LogP contribution in [0.15, 0.2) is 339 Å². The fraction of sp³-hybridized carbons (Fsp3) is 0.104. The summed E-state index contributed by atoms with van der Waals surface area (Å²) in [5.41, 5.74) is 16.5. The van der Waals surface area contributed by atoms with Crippen molar-refractivity contribution in [2.75, 3.05) is 0 Å². The van der Waals surface area contributed by atoms with E-state index in [1.54, 1.807) is 78.5 Å². The number of pyridine rings is 5. The van der Waals surface area contributed by atoms with Gasteiger partial charge in [0.25, 0.3) is 0 Å². The van der Waals surface area contributed by atoms with Crippen LogP contribution in [0, 0.1) is 38.1 Å². The molecule has 0 aliphatic heterocycles. The van der Waals surface area contributed by atoms with Gasteiger partial charge in [0.05, 0.1) is 32.8 Å². The predicted octanol–water partition coefficient (Wildman–Crippen LogP) is 25.9. The summed E-state index contributed by atoms with van der Waals surface area (Å²) in [6.45, 7) is 8.74. The number of thiophene rings is 1. The van der Waals surface area contributed by atoms with Crippen molar-refractivity contribution < 1.29 is 61.1 Å². The first-order valence-corrected chi connectivity index (χ1v) is 46.4. The van der Waals surface area contributed by atoms with Gasteiger partial charge in [0.15, 0.2) is 0 Å². The Hall–Kier alpha value is -12.0. The molecule has 0 atom stereocenters. The van der Waals surface area contributed by atoms with E-state index in [4.69, 9.17) is 35.8 Å². The monoisotopic (exact) mass is 1960 g/mol. The molecule has 0 saturated heterocycles. The quantitative estimate of drug-likeness (QED) is 0.0603. The summed E-state index contributed by atoms with van der Waals surface area (Å²) in [4.78, 5) is 33.4. The zero-order chi connectivity index (χ0) is 90.4. The normalized spacial score (nSPS) is 13.4. The SMILES string of the molecule is [2H]C([2H])([2H])c1c[c-]c(-c2cc(C([2H])([2H])c3ccccc3)c([Si](C)(C)C)cn2)cc1.[2H]C([2H])([2H])c1cc(-c2[c-]cc3oc4nc5ccccc5nc4c3c2)ncc1-c1ccccc1.[2H]C([2H])(c1ccccc1)c1cc(-c2[c-]ccc(-c3ccccc3)c2)ncc1[Si](C)(C)C.[2H]C([2H])(c1ccccc1)c1ccnc(-c2[c-]nc3sc4c5ccccc5c5ccccc5c4c3c2)c1.[Ir].[Ir]. The number of fused-ring (bicyclic) bond motifs is 12. The van der Waals surface area contributed by atoms with Crippen molar-refractivity contribution in [3.8, 4) is 67.3 Å². The van der Waals surface area contributed by atoms with E-state index < -0.39 is 49.0 Å². The molecule has 8 nitrogen and oxygen atoms in total. The molecule has 12 aromatic carbocycles. The number of nitrogens with zero attached hydrogens (tertiary/aromatic N) is 7. The minimum Gasteiger partial charge on any atom is -0.485 e. The van der Waals surface area contributed by atoms with Gasteiger partial charge >= 0.3 is 0 Å². The zero-order valence-electron chi connectivity index (χ0n) is 77.9. The molecule has 0 spiro atoms. The standard InChI is InChI=1S/C31H19N2S.C27H26NSi.C26H16N3O.C22H24NSi.2Ir/c1-2-8-20(9-3-1)16-21-14-15-32-28(17-21)22-18-27-29-25-12-6-4-10-23(25)24-11-5-7-13-26(24)30(29)34-31(27)33-19-22;1-29(2,3)27-20-28-26(19-25(27)17-21-11-6-4-7-12-21)24-16-10-15-23(18-24)22-13-8-5-9-14-22;1-16-13-23(27-15-20(16)17-7-3-2-4-8-17)18-11-12-24-19(14-18)25-26(30-24)29-22-10-6-5-9-21(22)28-25;1-17-10-12-19(13-11-17)21-15-20(14-18-8-6-5-7-9-18)22(16-23-21)24(2,3)4;;/h1-15,17-18H,16H2;4-15,18-20H,17H2,1-3H3;2-10,12-15H,1H3;5-12,15-16H,14H2,1-4H3;;/q4*-1;;/i16D2;17D2;1D3;1D3,14D2;;. The Kier molecular flexibility index (Phi) is 20.8. The molecule has 0 N–H and O–H groups in total. The van der Waals surface area contributed by atoms with Crippen LogP contribution in [-0.4, -0.2) is 51.0 Å². The van der Waals surface area contributed by atoms with Gasteiger partial charge in [-0.05, 0) is 155 Å². The fourth-order valence-electron chi connectivity index (χ4n) is 14.4. The molecule has 8 heterocycles. The molecule has 13 heteroatoms. The summed E-state index contributed by atoms with van der Waals surface area (Å²) in [6.07, 6.45) is 5.21. The predicted molar refractivity (Wildman–Crippen MR) is 494 cm³/mol. The Morgan fingerprint density at radius 2 is 0.924 bits per heavy atom. The molecule has 0 aliphatic rings. The van der Waals surface area contributed by atoms with Crippen molar-refractivity contribution in [1.29, 1.82) is 0 Å². The first-order chi connectivity index (χ1) is 61.7. The molecule has 586 valence electrons. The van der Waals surface area contributed by atoms with Crippen LogP contribution in [0.25, 0.3) is 142 Å². The van der Waals surface area contributed by atoms with E-state index in [1.165, 1.54) is 37.7 Å². The minimum atomic E-state index is -2.29. The van der Waals surface area contributed by atoms with Gasteiger partial charge in [0.2, 0.25) is 5.71 Å². The summed E-state index contributed by atoms with van der Waals surface area (Å²) in [5.74, 6) is 0. The van der Waals surface area contributed by atoms with Crippen LogP contribution < -0.4 is 10.4 Å². The van der Waals surface area contributed by atoms with Crippen LogP contribution in [0.3, 0.4) is 0 Å². The Labute approximate surface area is 745 Å². The molecule has 20 aromatic rings. The molecular weight excluding hydrogens is 1860 g/mol. The summed E-state index contributed by atoms with van der Waals surface area (Å²) >= 11 is 1.69. The van der Waals surface area contributed by atoms with Gasteiger partial charge in [-0.15, -0.1) is 106 Å². The molecule has 0 amide bonds. The average Bonchev–Trinajstić information content (AvgIpc) is 1.58. The molecule has 0 fully saturated rings. The van der Waals surface area contributed by atoms with Crippen molar-refractivity contribution in [3.05, 3.63) is 403 Å². The topological polar surface area (TPSA) is 103 Å². The Morgan fingerprint density at radius 1 is 0.403 bits per heavy atom. The number of rotatable bonds is 14. The Morgan fingerprint density at radius 3 is 1.54 bits per heavy atom. The van der Waals surface area contributed by atoms with Gasteiger partial charge < -0.3 is 29.3 Å². The van der Waals surface area contributed by atoms with E-state index in [0.717, 1.165) is 70.5 Å². The summed E-state index contributed by atoms with van der Waals surface area (Å²) in [6, 6.07) is 107. The van der Waals surface area contributed by atoms with E-state index in [-0.39, 0.29) is 51.3 Å². The molecule has 0 saturated carbocycles. The van der Waals surface area contributed by atoms with Crippen LogP contribution in [-0.2, 0) is 59.3 Å². The Balaban J connectivity index is 0.000000134. The molecular formula is C106H85Ir2N7OSSi2-4. The van der Waals surface area contributed by atoms with E-state index in [0.29, 0.717) is 84.0 Å². The second-order valence-electron chi connectivity index (χ2n) is 30.5. The number of hydrogen-bond donors (Lipinski definition) is 0. The third-order valence-corrected chi connectivity index (χ3v) is 25.4. The van der Waals surface area contributed by atoms with Crippen LogP contribution in [0.2, 0.25) is 39.3 Å². The van der Waals surface area contributed by atoms with Crippen molar-refractivity contribution in [2.24, 2.45) is 0 Å². The number of hydrogen-bond acceptors (Lipinski definition) is 9. The number of para-hydroxylation sites is 2. The molecule has 0 aliphatic carbocycles. The van der Waals surface area contributed by atoms with Crippen molar-refractivity contribution >= 4 is 113 Å². The molecule has 8 aromatic heterocycles. The summed E-state index contributed by atoms with van der Waals surface area (Å²) in [5, 5.41) is 9.97. The number of furan rings is 1. The maximum absolute atomic E-state index is 9.02. The van der Waals surface area contributed by atoms with Gasteiger partial charge in [0, 0.05) is 96.5 Å². The van der Waals surface area contributed by atoms with E-state index in [2.05, 4.69) is 156 Å². The van der Waals surface area contributed by atoms with Crippen LogP contribution in [0.5, 0.6) is 0 Å². The van der Waals surface area contributed by atoms with Gasteiger partial charge in [-0.2, -0.15) is 11.3 Å². The largest absolute Gasteiger partial charge is 0.485 e. The smallest absolute Gasteiger partial charge is 0.235 e. The van der Waals surface area contributed by atoms with Crippen LogP contribution in [0.1, 0.15) is 61.0 Å². The molecule has 119 heavy (non-hydrogen) atoms. The first-order valence-electron chi connectivity index (χ1n) is 44.6. The van der Waals surface area contributed by atoms with Crippen molar-refractivity contribution in [3.63, 3.8) is 0 Å². The third kappa shape index (κ3) is 18.6. The summed E-state index contributed by atoms with van der Waals surface area (Å²) in [7, 11) is -3.69. The van der Waals surface area contributed by atoms with E-state index >= 15 is 0 Å². The first kappa shape index (κ1) is 68.0. The third-order valence-electron chi connectivity index (χ3n) is 20.2. The van der Waals surface area contributed by atoms with E-state index in [1.807, 2.05) is 188 Å². The average molecular weight is 1960 g/mol. The summed E-state index contributed by atoms with van der Waals surface area (Å²) < 4.78 is 107. The molecule has 0 bridgehead atoms. The molecule has 2 radical (unpaired) electrons. The van der Waals surface area contributed by atoms with Gasteiger partial charge in [-0.1, -0.05) is 299 Å². The number of aryl methyl sites for hydroxylation is 2. The van der Waals surface area contributed by atoms with Gasteiger partial charge in [-0.3, -0.25) is 0 Å². The van der Waals surface area contributed by atoms with Gasteiger partial charge in [-0.25, -0.2) is 9.97 Å². The molecule has 0 unspecified atom stereocenters. The second kappa shape index (κ2) is 36.5. The van der Waals surface area contributed by atoms with Crippen LogP contribution >= 0.6 is 11.3 Å². The van der Waals surface area contributed by atoms with Crippen LogP contribution in [0.4, 0.5) is 0 Å². The van der Waals surface area contributed by atoms with E-state index in [9.17, 15) is 0 Å². The second-order valence-corrected chi connectivity index (χ2v) is 41.5. The number of aromatic nitrogens is 7. The van der Waals surface area contributed by atoms with Crippen molar-refractivity contribution in [1.82, 2.24) is 34.9 Å². The van der Waals surface area contributed by atoms with Crippen molar-refractivity contribution in [2.45, 2.75) is 72.1 Å². The Bertz CT molecular complexity index is 7540. The van der Waals surface area contributed by atoms with Gasteiger partial charge in [0.1, 0.15) is 5.52 Å².